The average Bonchev–Trinajstić information content (AvgIpc) is 2.91. The van der Waals surface area contributed by atoms with Crippen molar-refractivity contribution in [2.75, 3.05) is 19.0 Å². The average molecular weight is 321 g/mol. The Morgan fingerprint density at radius 1 is 1.39 bits per heavy atom. The van der Waals surface area contributed by atoms with Gasteiger partial charge in [0, 0.05) is 18.8 Å². The van der Waals surface area contributed by atoms with Gasteiger partial charge in [0.15, 0.2) is 0 Å². The molecule has 1 fully saturated rings. The second-order valence-electron chi connectivity index (χ2n) is 6.88. The van der Waals surface area contributed by atoms with Gasteiger partial charge in [-0.05, 0) is 51.7 Å². The number of carbonyl (C=O) groups is 1. The minimum absolute atomic E-state index is 0.294. The second kappa shape index (κ2) is 7.53. The van der Waals surface area contributed by atoms with Crippen molar-refractivity contribution in [2.24, 2.45) is 5.92 Å². The Hall–Kier alpha value is -1.98. The first-order valence-corrected chi connectivity index (χ1v) is 8.11. The zero-order chi connectivity index (χ0) is 16.9. The molecule has 1 aliphatic rings. The van der Waals surface area contributed by atoms with Gasteiger partial charge >= 0.3 is 6.09 Å². The molecule has 2 atom stereocenters. The van der Waals surface area contributed by atoms with Crippen LogP contribution in [0.2, 0.25) is 0 Å². The zero-order valence-electron chi connectivity index (χ0n) is 14.4. The lowest BCUT2D eigenvalue weighted by Crippen LogP contribution is -2.38. The van der Waals surface area contributed by atoms with E-state index in [0.29, 0.717) is 24.4 Å². The Bertz CT molecular complexity index is 528. The number of nitrogens with zero attached hydrogens (tertiary/aromatic N) is 1. The highest BCUT2D eigenvalue weighted by Crippen LogP contribution is 2.30. The van der Waals surface area contributed by atoms with Crippen molar-refractivity contribution in [3.8, 4) is 5.88 Å². The van der Waals surface area contributed by atoms with E-state index in [4.69, 9.17) is 9.47 Å². The lowest BCUT2D eigenvalue weighted by Gasteiger charge is -2.24. The fourth-order valence-electron chi connectivity index (χ4n) is 2.86. The molecule has 128 valence electrons. The molecule has 6 heteroatoms. The number of aromatic nitrogens is 1. The maximum atomic E-state index is 11.8. The third kappa shape index (κ3) is 5.30. The quantitative estimate of drug-likeness (QED) is 0.871. The van der Waals surface area contributed by atoms with E-state index in [1.807, 2.05) is 32.9 Å². The van der Waals surface area contributed by atoms with Gasteiger partial charge in [0.05, 0.1) is 12.8 Å². The lowest BCUT2D eigenvalue weighted by atomic mass is 10.0. The van der Waals surface area contributed by atoms with Crippen LogP contribution in [0.4, 0.5) is 10.5 Å². The standard InChI is InChI=1S/C17H27N3O3/c1-17(2,3)23-16(21)19-11-12-7-5-8-13(12)20-14-9-6-10-18-15(14)22-4/h6,9-10,12-13,20H,5,7-8,11H2,1-4H3,(H,19,21). The van der Waals surface area contributed by atoms with Gasteiger partial charge in [0.2, 0.25) is 5.88 Å². The molecular formula is C17H27N3O3. The van der Waals surface area contributed by atoms with Gasteiger partial charge in [0.1, 0.15) is 5.60 Å². The molecule has 0 radical (unpaired) electrons. The summed E-state index contributed by atoms with van der Waals surface area (Å²) in [5.41, 5.74) is 0.421. The maximum absolute atomic E-state index is 11.8. The molecule has 0 aromatic carbocycles. The zero-order valence-corrected chi connectivity index (χ0v) is 14.4. The largest absolute Gasteiger partial charge is 0.480 e. The predicted molar refractivity (Wildman–Crippen MR) is 89.8 cm³/mol. The Morgan fingerprint density at radius 3 is 2.87 bits per heavy atom. The lowest BCUT2D eigenvalue weighted by molar-refractivity contribution is 0.0519. The third-order valence-electron chi connectivity index (χ3n) is 3.87. The fraction of sp³-hybridized carbons (Fsp3) is 0.647. The number of hydrogen-bond donors (Lipinski definition) is 2. The first-order valence-electron chi connectivity index (χ1n) is 8.11. The van der Waals surface area contributed by atoms with Gasteiger partial charge in [-0.1, -0.05) is 6.42 Å². The minimum atomic E-state index is -0.472. The molecule has 1 heterocycles. The Balaban J connectivity index is 1.89. The number of alkyl carbamates (subject to hydrolysis) is 1. The summed E-state index contributed by atoms with van der Waals surface area (Å²) in [7, 11) is 1.61. The van der Waals surface area contributed by atoms with E-state index in [9.17, 15) is 4.79 Å². The number of methoxy groups -OCH3 is 1. The number of hydrogen-bond acceptors (Lipinski definition) is 5. The Kier molecular flexibility index (Phi) is 5.69. The van der Waals surface area contributed by atoms with Crippen LogP contribution in [-0.4, -0.2) is 36.4 Å². The summed E-state index contributed by atoms with van der Waals surface area (Å²) in [5.74, 6) is 0.964. The van der Waals surface area contributed by atoms with Crippen molar-refractivity contribution < 1.29 is 14.3 Å². The number of pyridine rings is 1. The van der Waals surface area contributed by atoms with Gasteiger partial charge in [-0.25, -0.2) is 9.78 Å². The van der Waals surface area contributed by atoms with Gasteiger partial charge < -0.3 is 20.1 Å². The second-order valence-corrected chi connectivity index (χ2v) is 6.88. The van der Waals surface area contributed by atoms with Crippen molar-refractivity contribution in [1.82, 2.24) is 10.3 Å². The molecule has 2 rings (SSSR count). The predicted octanol–water partition coefficient (Wildman–Crippen LogP) is 3.20. The molecule has 0 spiro atoms. The van der Waals surface area contributed by atoms with Crippen LogP contribution in [0.3, 0.4) is 0 Å². The molecule has 0 bridgehead atoms. The first kappa shape index (κ1) is 17.4. The Labute approximate surface area is 138 Å². The summed E-state index contributed by atoms with van der Waals surface area (Å²) in [6.45, 7) is 6.19. The van der Waals surface area contributed by atoms with E-state index >= 15 is 0 Å². The molecule has 1 aliphatic carbocycles. The van der Waals surface area contributed by atoms with E-state index < -0.39 is 5.60 Å². The van der Waals surface area contributed by atoms with Crippen molar-refractivity contribution in [2.45, 2.75) is 51.7 Å². The summed E-state index contributed by atoms with van der Waals surface area (Å²) in [5, 5.41) is 6.38. The molecule has 0 saturated heterocycles. The van der Waals surface area contributed by atoms with Crippen molar-refractivity contribution in [1.29, 1.82) is 0 Å². The highest BCUT2D eigenvalue weighted by atomic mass is 16.6. The molecule has 1 aromatic rings. The monoisotopic (exact) mass is 321 g/mol. The van der Waals surface area contributed by atoms with Crippen LogP contribution in [0.15, 0.2) is 18.3 Å². The summed E-state index contributed by atoms with van der Waals surface area (Å²) in [4.78, 5) is 16.0. The van der Waals surface area contributed by atoms with E-state index in [0.717, 1.165) is 24.9 Å². The molecular weight excluding hydrogens is 294 g/mol. The summed E-state index contributed by atoms with van der Waals surface area (Å²) >= 11 is 0. The van der Waals surface area contributed by atoms with Gasteiger partial charge in [-0.15, -0.1) is 0 Å². The van der Waals surface area contributed by atoms with Crippen LogP contribution in [0, 0.1) is 5.92 Å². The number of ether oxygens (including phenoxy) is 2. The smallest absolute Gasteiger partial charge is 0.407 e. The van der Waals surface area contributed by atoms with E-state index in [1.165, 1.54) is 0 Å². The normalized spacial score (nSPS) is 20.9. The number of anilines is 1. The van der Waals surface area contributed by atoms with Crippen LogP contribution in [0.25, 0.3) is 0 Å². The molecule has 2 N–H and O–H groups in total. The van der Waals surface area contributed by atoms with Crippen LogP contribution >= 0.6 is 0 Å². The highest BCUT2D eigenvalue weighted by molar-refractivity contribution is 5.67. The molecule has 23 heavy (non-hydrogen) atoms. The van der Waals surface area contributed by atoms with Crippen molar-refractivity contribution >= 4 is 11.8 Å². The SMILES string of the molecule is COc1ncccc1NC1CCCC1CNC(=O)OC(C)(C)C. The first-order chi connectivity index (χ1) is 10.9. The van der Waals surface area contributed by atoms with Crippen molar-refractivity contribution in [3.63, 3.8) is 0 Å². The van der Waals surface area contributed by atoms with Gasteiger partial charge in [0.25, 0.3) is 0 Å². The number of rotatable bonds is 5. The number of amides is 1. The fourth-order valence-corrected chi connectivity index (χ4v) is 2.86. The van der Waals surface area contributed by atoms with Crippen molar-refractivity contribution in [3.05, 3.63) is 18.3 Å². The molecule has 1 aromatic heterocycles. The van der Waals surface area contributed by atoms with E-state index in [-0.39, 0.29) is 6.09 Å². The van der Waals surface area contributed by atoms with Crippen LogP contribution < -0.4 is 15.4 Å². The van der Waals surface area contributed by atoms with Gasteiger partial charge in [-0.2, -0.15) is 0 Å². The number of nitrogens with one attached hydrogen (secondary N) is 2. The summed E-state index contributed by atoms with van der Waals surface area (Å²) < 4.78 is 10.6. The van der Waals surface area contributed by atoms with Crippen LogP contribution in [0.5, 0.6) is 5.88 Å². The Morgan fingerprint density at radius 2 is 2.17 bits per heavy atom. The van der Waals surface area contributed by atoms with Crippen LogP contribution in [0.1, 0.15) is 40.0 Å². The van der Waals surface area contributed by atoms with E-state index in [1.54, 1.807) is 13.3 Å². The molecule has 6 nitrogen and oxygen atoms in total. The molecule has 1 amide bonds. The summed E-state index contributed by atoms with van der Waals surface area (Å²) in [6.07, 6.45) is 4.64. The van der Waals surface area contributed by atoms with Gasteiger partial charge in [-0.3, -0.25) is 0 Å². The highest BCUT2D eigenvalue weighted by Gasteiger charge is 2.29. The topological polar surface area (TPSA) is 72.5 Å². The molecule has 2 unspecified atom stereocenters. The molecule has 0 aliphatic heterocycles. The minimum Gasteiger partial charge on any atom is -0.480 e. The number of carbonyl (C=O) groups excluding carboxylic acids is 1. The summed E-state index contributed by atoms with van der Waals surface area (Å²) in [6, 6.07) is 4.14. The third-order valence-corrected chi connectivity index (χ3v) is 3.87. The maximum Gasteiger partial charge on any atom is 0.407 e. The molecule has 1 saturated carbocycles. The van der Waals surface area contributed by atoms with E-state index in [2.05, 4.69) is 15.6 Å². The van der Waals surface area contributed by atoms with Crippen LogP contribution in [-0.2, 0) is 4.74 Å².